The molecule has 2 saturated heterocycles. The van der Waals surface area contributed by atoms with Gasteiger partial charge in [0.1, 0.15) is 11.2 Å². The Morgan fingerprint density at radius 2 is 1.66 bits per heavy atom. The summed E-state index contributed by atoms with van der Waals surface area (Å²) in [6, 6.07) is 7.51. The summed E-state index contributed by atoms with van der Waals surface area (Å²) in [5.74, 6) is -0.567. The predicted octanol–water partition coefficient (Wildman–Crippen LogP) is 2.74. The van der Waals surface area contributed by atoms with E-state index in [1.165, 1.54) is 7.11 Å². The molecule has 5 rings (SSSR count). The fraction of sp³-hybridized carbons (Fsp3) is 0.586. The average molecular weight is 524 g/mol. The standard InChI is InChI=1S/C29H37N3O6/c1-37-22-11-7-20(8-12-22)19-32-24-6-4-3-5-13-29(24,28(36)38-2)23(27(32)35)18-25(33)30-14-16-31(17-15-30)26(34)21-9-10-21/h6-8,11-12,21,23H,3-5,9-10,13-19H2,1-2H3/t23-,29-/m0/s1. The van der Waals surface area contributed by atoms with Crippen molar-refractivity contribution >= 4 is 23.7 Å². The van der Waals surface area contributed by atoms with Crippen LogP contribution in [0.1, 0.15) is 50.5 Å². The minimum atomic E-state index is -1.17. The third kappa shape index (κ3) is 4.78. The smallest absolute Gasteiger partial charge is 0.318 e. The topological polar surface area (TPSA) is 96.5 Å². The number of rotatable bonds is 7. The third-order valence-electron chi connectivity index (χ3n) is 8.57. The SMILES string of the molecule is COC(=O)[C@]12CCCCC=C1N(Cc1ccc(OC)cc1)C(=O)[C@@H]2CC(=O)N1CCN(C(=O)C2CC2)CC1. The zero-order chi connectivity index (χ0) is 26.9. The van der Waals surface area contributed by atoms with E-state index in [1.54, 1.807) is 16.9 Å². The fourth-order valence-electron chi connectivity index (χ4n) is 6.26. The van der Waals surface area contributed by atoms with Crippen LogP contribution in [0, 0.1) is 17.3 Å². The second-order valence-electron chi connectivity index (χ2n) is 10.8. The van der Waals surface area contributed by atoms with Crippen molar-refractivity contribution in [3.05, 3.63) is 41.6 Å². The summed E-state index contributed by atoms with van der Waals surface area (Å²) >= 11 is 0. The lowest BCUT2D eigenvalue weighted by Gasteiger charge is -2.36. The Morgan fingerprint density at radius 3 is 2.29 bits per heavy atom. The van der Waals surface area contributed by atoms with Crippen LogP contribution in [-0.4, -0.2) is 78.8 Å². The van der Waals surface area contributed by atoms with Gasteiger partial charge in [-0.1, -0.05) is 24.6 Å². The summed E-state index contributed by atoms with van der Waals surface area (Å²) in [5.41, 5.74) is 0.403. The molecule has 0 spiro atoms. The van der Waals surface area contributed by atoms with Gasteiger partial charge < -0.3 is 24.2 Å². The van der Waals surface area contributed by atoms with Gasteiger partial charge in [-0.2, -0.15) is 0 Å². The minimum absolute atomic E-state index is 0.0546. The zero-order valence-corrected chi connectivity index (χ0v) is 22.3. The Morgan fingerprint density at radius 1 is 0.974 bits per heavy atom. The summed E-state index contributed by atoms with van der Waals surface area (Å²) in [6.07, 6.45) is 6.77. The van der Waals surface area contributed by atoms with Crippen molar-refractivity contribution in [1.82, 2.24) is 14.7 Å². The molecule has 38 heavy (non-hydrogen) atoms. The number of benzene rings is 1. The van der Waals surface area contributed by atoms with Crippen molar-refractivity contribution < 1.29 is 28.7 Å². The molecule has 0 bridgehead atoms. The Hall–Kier alpha value is -3.36. The van der Waals surface area contributed by atoms with Crippen LogP contribution in [-0.2, 0) is 30.5 Å². The highest BCUT2D eigenvalue weighted by Crippen LogP contribution is 2.53. The number of carbonyl (C=O) groups is 4. The molecule has 0 aromatic heterocycles. The second kappa shape index (κ2) is 10.8. The highest BCUT2D eigenvalue weighted by Gasteiger charge is 2.61. The number of fused-ring (bicyclic) bond motifs is 1. The lowest BCUT2D eigenvalue weighted by Crippen LogP contribution is -2.52. The number of hydrogen-bond acceptors (Lipinski definition) is 6. The number of hydrogen-bond donors (Lipinski definition) is 0. The first-order valence-electron chi connectivity index (χ1n) is 13.7. The molecule has 2 aliphatic carbocycles. The largest absolute Gasteiger partial charge is 0.497 e. The van der Waals surface area contributed by atoms with Gasteiger partial charge >= 0.3 is 5.97 Å². The molecule has 1 saturated carbocycles. The van der Waals surface area contributed by atoms with Crippen molar-refractivity contribution in [2.75, 3.05) is 40.4 Å². The number of methoxy groups -OCH3 is 2. The zero-order valence-electron chi connectivity index (χ0n) is 22.3. The first-order valence-corrected chi connectivity index (χ1v) is 13.7. The van der Waals surface area contributed by atoms with Gasteiger partial charge in [-0.15, -0.1) is 0 Å². The predicted molar refractivity (Wildman–Crippen MR) is 139 cm³/mol. The van der Waals surface area contributed by atoms with Crippen molar-refractivity contribution in [1.29, 1.82) is 0 Å². The minimum Gasteiger partial charge on any atom is -0.497 e. The molecule has 4 aliphatic rings. The summed E-state index contributed by atoms with van der Waals surface area (Å²) in [6.45, 7) is 2.22. The molecular weight excluding hydrogens is 486 g/mol. The molecule has 3 amide bonds. The number of likely N-dealkylation sites (tertiary alicyclic amines) is 1. The lowest BCUT2D eigenvalue weighted by molar-refractivity contribution is -0.156. The van der Waals surface area contributed by atoms with E-state index < -0.39 is 17.3 Å². The molecule has 0 unspecified atom stereocenters. The number of piperazine rings is 1. The van der Waals surface area contributed by atoms with Crippen LogP contribution in [0.3, 0.4) is 0 Å². The van der Waals surface area contributed by atoms with Crippen LogP contribution >= 0.6 is 0 Å². The van der Waals surface area contributed by atoms with E-state index in [0.29, 0.717) is 44.8 Å². The molecule has 9 heteroatoms. The van der Waals surface area contributed by atoms with Gasteiger partial charge in [-0.05, 0) is 49.8 Å². The quantitative estimate of drug-likeness (QED) is 0.510. The van der Waals surface area contributed by atoms with E-state index in [1.807, 2.05) is 35.2 Å². The van der Waals surface area contributed by atoms with E-state index in [0.717, 1.165) is 43.4 Å². The van der Waals surface area contributed by atoms with E-state index in [-0.39, 0.29) is 30.1 Å². The van der Waals surface area contributed by atoms with Crippen LogP contribution in [0.2, 0.25) is 0 Å². The van der Waals surface area contributed by atoms with Gasteiger partial charge in [0.15, 0.2) is 0 Å². The van der Waals surface area contributed by atoms with Gasteiger partial charge in [-0.3, -0.25) is 19.2 Å². The van der Waals surface area contributed by atoms with Crippen molar-refractivity contribution in [2.24, 2.45) is 17.3 Å². The number of amides is 3. The summed E-state index contributed by atoms with van der Waals surface area (Å²) in [7, 11) is 2.96. The maximum atomic E-state index is 14.0. The van der Waals surface area contributed by atoms with Crippen molar-refractivity contribution in [3.8, 4) is 5.75 Å². The second-order valence-corrected chi connectivity index (χ2v) is 10.8. The van der Waals surface area contributed by atoms with Crippen LogP contribution < -0.4 is 4.74 Å². The summed E-state index contributed by atoms with van der Waals surface area (Å²) < 4.78 is 10.6. The van der Waals surface area contributed by atoms with E-state index >= 15 is 0 Å². The first-order chi connectivity index (χ1) is 18.4. The van der Waals surface area contributed by atoms with Crippen molar-refractivity contribution in [3.63, 3.8) is 0 Å². The Labute approximate surface area is 223 Å². The fourth-order valence-corrected chi connectivity index (χ4v) is 6.26. The number of allylic oxidation sites excluding steroid dienone is 1. The van der Waals surface area contributed by atoms with Gasteiger partial charge in [-0.25, -0.2) is 0 Å². The number of esters is 1. The van der Waals surface area contributed by atoms with Crippen LogP contribution in [0.4, 0.5) is 0 Å². The molecule has 0 N–H and O–H groups in total. The Kier molecular flexibility index (Phi) is 7.45. The molecule has 204 valence electrons. The average Bonchev–Trinajstić information content (AvgIpc) is 3.79. The van der Waals surface area contributed by atoms with E-state index in [4.69, 9.17) is 9.47 Å². The van der Waals surface area contributed by atoms with Crippen LogP contribution in [0.15, 0.2) is 36.0 Å². The Bertz CT molecular complexity index is 1120. The molecule has 0 radical (unpaired) electrons. The molecule has 1 aromatic carbocycles. The van der Waals surface area contributed by atoms with E-state index in [9.17, 15) is 19.2 Å². The Balaban J connectivity index is 1.38. The molecule has 2 atom stereocenters. The number of nitrogens with zero attached hydrogens (tertiary/aromatic N) is 3. The maximum absolute atomic E-state index is 14.0. The number of ether oxygens (including phenoxy) is 2. The van der Waals surface area contributed by atoms with Crippen LogP contribution in [0.5, 0.6) is 5.75 Å². The van der Waals surface area contributed by atoms with Gasteiger partial charge in [0, 0.05) is 44.2 Å². The van der Waals surface area contributed by atoms with E-state index in [2.05, 4.69) is 0 Å². The highest BCUT2D eigenvalue weighted by molar-refractivity contribution is 5.99. The lowest BCUT2D eigenvalue weighted by atomic mass is 9.71. The van der Waals surface area contributed by atoms with Crippen molar-refractivity contribution in [2.45, 2.75) is 51.5 Å². The normalized spacial score (nSPS) is 25.4. The van der Waals surface area contributed by atoms with Gasteiger partial charge in [0.05, 0.1) is 26.7 Å². The monoisotopic (exact) mass is 523 g/mol. The molecule has 9 nitrogen and oxygen atoms in total. The molecular formula is C29H37N3O6. The molecule has 2 heterocycles. The molecule has 1 aromatic rings. The number of carbonyl (C=O) groups excluding carboxylic acids is 4. The highest BCUT2D eigenvalue weighted by atomic mass is 16.5. The van der Waals surface area contributed by atoms with Gasteiger partial charge in [0.2, 0.25) is 17.7 Å². The van der Waals surface area contributed by atoms with Gasteiger partial charge in [0.25, 0.3) is 0 Å². The molecule has 2 aliphatic heterocycles. The summed E-state index contributed by atoms with van der Waals surface area (Å²) in [4.78, 5) is 58.7. The third-order valence-corrected chi connectivity index (χ3v) is 8.57. The first kappa shape index (κ1) is 26.3. The summed E-state index contributed by atoms with van der Waals surface area (Å²) in [5, 5.41) is 0. The maximum Gasteiger partial charge on any atom is 0.318 e. The van der Waals surface area contributed by atoms with Crippen LogP contribution in [0.25, 0.3) is 0 Å². The molecule has 3 fully saturated rings.